The van der Waals surface area contributed by atoms with Crippen LogP contribution in [-0.2, 0) is 14.8 Å². The maximum absolute atomic E-state index is 12.5. The van der Waals surface area contributed by atoms with Crippen LogP contribution in [0.1, 0.15) is 12.8 Å². The van der Waals surface area contributed by atoms with Crippen molar-refractivity contribution < 1.29 is 13.2 Å². The molecule has 0 amide bonds. The third-order valence-electron chi connectivity index (χ3n) is 3.21. The number of hydrogen-bond acceptors (Lipinski definition) is 5. The molecular weight excluding hydrogens is 334 g/mol. The first-order chi connectivity index (χ1) is 8.93. The summed E-state index contributed by atoms with van der Waals surface area (Å²) in [6.45, 7) is 1.16. The van der Waals surface area contributed by atoms with Gasteiger partial charge >= 0.3 is 0 Å². The second kappa shape index (κ2) is 5.74. The Morgan fingerprint density at radius 2 is 2.11 bits per heavy atom. The van der Waals surface area contributed by atoms with Crippen molar-refractivity contribution in [1.82, 2.24) is 9.29 Å². The average Bonchev–Trinajstić information content (AvgIpc) is 2.41. The minimum Gasteiger partial charge on any atom is -0.383 e. The van der Waals surface area contributed by atoms with Crippen molar-refractivity contribution in [1.29, 1.82) is 0 Å². The Hall–Kier alpha value is -0.700. The summed E-state index contributed by atoms with van der Waals surface area (Å²) in [5.41, 5.74) is 5.68. The molecule has 1 saturated heterocycles. The highest BCUT2D eigenvalue weighted by molar-refractivity contribution is 9.10. The molecule has 2 heterocycles. The molecule has 0 atom stereocenters. The molecule has 6 nitrogen and oxygen atoms in total. The lowest BCUT2D eigenvalue weighted by molar-refractivity contribution is 0.0632. The molecule has 0 radical (unpaired) electrons. The van der Waals surface area contributed by atoms with Crippen molar-refractivity contribution >= 4 is 31.8 Å². The number of pyridine rings is 1. The summed E-state index contributed by atoms with van der Waals surface area (Å²) in [4.78, 5) is 3.91. The van der Waals surface area contributed by atoms with E-state index in [0.717, 1.165) is 0 Å². The van der Waals surface area contributed by atoms with E-state index >= 15 is 0 Å². The highest BCUT2D eigenvalue weighted by Gasteiger charge is 2.31. The van der Waals surface area contributed by atoms with E-state index in [2.05, 4.69) is 20.9 Å². The SMILES string of the molecule is CN(C1CCOCC1)S(=O)(=O)c1cc(Br)cnc1N. The Labute approximate surface area is 121 Å². The van der Waals surface area contributed by atoms with Crippen LogP contribution in [0.4, 0.5) is 5.82 Å². The lowest BCUT2D eigenvalue weighted by Gasteiger charge is -2.30. The van der Waals surface area contributed by atoms with Gasteiger partial charge in [-0.05, 0) is 34.8 Å². The van der Waals surface area contributed by atoms with Crippen LogP contribution in [0.3, 0.4) is 0 Å². The van der Waals surface area contributed by atoms with Gasteiger partial charge in [0.1, 0.15) is 10.7 Å². The summed E-state index contributed by atoms with van der Waals surface area (Å²) in [5, 5.41) is 0. The molecule has 0 spiro atoms. The van der Waals surface area contributed by atoms with Crippen LogP contribution in [0.2, 0.25) is 0 Å². The molecule has 0 unspecified atom stereocenters. The summed E-state index contributed by atoms with van der Waals surface area (Å²) in [6, 6.07) is 1.42. The smallest absolute Gasteiger partial charge is 0.246 e. The van der Waals surface area contributed by atoms with Gasteiger partial charge in [0.2, 0.25) is 10.0 Å². The van der Waals surface area contributed by atoms with Gasteiger partial charge in [-0.15, -0.1) is 0 Å². The fourth-order valence-electron chi connectivity index (χ4n) is 2.04. The first-order valence-electron chi connectivity index (χ1n) is 5.89. The molecule has 0 aromatic carbocycles. The molecule has 2 N–H and O–H groups in total. The Morgan fingerprint density at radius 3 is 2.74 bits per heavy atom. The first kappa shape index (κ1) is 14.7. The molecule has 1 aromatic rings. The normalized spacial score (nSPS) is 17.8. The van der Waals surface area contributed by atoms with E-state index in [1.54, 1.807) is 7.05 Å². The van der Waals surface area contributed by atoms with Crippen LogP contribution in [0.25, 0.3) is 0 Å². The molecule has 106 valence electrons. The fourth-order valence-corrected chi connectivity index (χ4v) is 4.03. The molecule has 8 heteroatoms. The quantitative estimate of drug-likeness (QED) is 0.886. The van der Waals surface area contributed by atoms with E-state index in [-0.39, 0.29) is 16.8 Å². The van der Waals surface area contributed by atoms with Crippen LogP contribution in [0.15, 0.2) is 21.6 Å². The van der Waals surface area contributed by atoms with E-state index in [4.69, 9.17) is 10.5 Å². The van der Waals surface area contributed by atoms with Gasteiger partial charge < -0.3 is 10.5 Å². The van der Waals surface area contributed by atoms with E-state index < -0.39 is 10.0 Å². The average molecular weight is 350 g/mol. The number of aromatic nitrogens is 1. The molecule has 0 saturated carbocycles. The Bertz CT molecular complexity index is 558. The van der Waals surface area contributed by atoms with Crippen molar-refractivity contribution in [2.75, 3.05) is 26.0 Å². The molecule has 1 aromatic heterocycles. The Balaban J connectivity index is 2.33. The minimum atomic E-state index is -3.63. The standard InChI is InChI=1S/C11H16BrN3O3S/c1-15(9-2-4-18-5-3-9)19(16,17)10-6-8(12)7-14-11(10)13/h6-7,9H,2-5H2,1H3,(H2,13,14). The molecule has 0 aliphatic carbocycles. The van der Waals surface area contributed by atoms with Gasteiger partial charge in [-0.2, -0.15) is 4.31 Å². The van der Waals surface area contributed by atoms with Crippen LogP contribution in [0, 0.1) is 0 Å². The maximum Gasteiger partial charge on any atom is 0.246 e. The number of anilines is 1. The zero-order chi connectivity index (χ0) is 14.0. The van der Waals surface area contributed by atoms with Gasteiger partial charge in [0, 0.05) is 37.0 Å². The lowest BCUT2D eigenvalue weighted by Crippen LogP contribution is -2.40. The monoisotopic (exact) mass is 349 g/mol. The predicted octanol–water partition coefficient (Wildman–Crippen LogP) is 1.23. The molecule has 1 fully saturated rings. The molecule has 19 heavy (non-hydrogen) atoms. The molecule has 2 rings (SSSR count). The highest BCUT2D eigenvalue weighted by Crippen LogP contribution is 2.26. The van der Waals surface area contributed by atoms with Gasteiger partial charge in [0.15, 0.2) is 0 Å². The second-order valence-electron chi connectivity index (χ2n) is 4.40. The van der Waals surface area contributed by atoms with E-state index in [9.17, 15) is 8.42 Å². The number of halogens is 1. The van der Waals surface area contributed by atoms with Crippen LogP contribution in [0.5, 0.6) is 0 Å². The number of hydrogen-bond donors (Lipinski definition) is 1. The lowest BCUT2D eigenvalue weighted by atomic mass is 10.1. The van der Waals surface area contributed by atoms with Gasteiger partial charge in [0.05, 0.1) is 0 Å². The largest absolute Gasteiger partial charge is 0.383 e. The number of nitrogens with zero attached hydrogens (tertiary/aromatic N) is 2. The van der Waals surface area contributed by atoms with Crippen LogP contribution < -0.4 is 5.73 Å². The number of sulfonamides is 1. The Kier molecular flexibility index (Phi) is 4.44. The number of nitrogen functional groups attached to an aromatic ring is 1. The highest BCUT2D eigenvalue weighted by atomic mass is 79.9. The summed E-state index contributed by atoms with van der Waals surface area (Å²) >= 11 is 3.21. The molecular formula is C11H16BrN3O3S. The third-order valence-corrected chi connectivity index (χ3v) is 5.58. The van der Waals surface area contributed by atoms with Gasteiger partial charge in [-0.1, -0.05) is 0 Å². The van der Waals surface area contributed by atoms with E-state index in [0.29, 0.717) is 30.5 Å². The molecule has 1 aliphatic heterocycles. The van der Waals surface area contributed by atoms with Gasteiger partial charge in [-0.3, -0.25) is 0 Å². The van der Waals surface area contributed by atoms with E-state index in [1.807, 2.05) is 0 Å². The number of nitrogens with two attached hydrogens (primary N) is 1. The van der Waals surface area contributed by atoms with Crippen molar-refractivity contribution in [3.63, 3.8) is 0 Å². The number of rotatable bonds is 3. The number of ether oxygens (including phenoxy) is 1. The summed E-state index contributed by atoms with van der Waals surface area (Å²) in [7, 11) is -2.06. The van der Waals surface area contributed by atoms with Crippen LogP contribution in [-0.4, -0.2) is 44.0 Å². The zero-order valence-corrected chi connectivity index (χ0v) is 12.9. The summed E-state index contributed by atoms with van der Waals surface area (Å²) < 4.78 is 32.3. The van der Waals surface area contributed by atoms with Crippen LogP contribution >= 0.6 is 15.9 Å². The van der Waals surface area contributed by atoms with Gasteiger partial charge in [0.25, 0.3) is 0 Å². The first-order valence-corrected chi connectivity index (χ1v) is 8.13. The second-order valence-corrected chi connectivity index (χ2v) is 7.28. The maximum atomic E-state index is 12.5. The Morgan fingerprint density at radius 1 is 1.47 bits per heavy atom. The summed E-state index contributed by atoms with van der Waals surface area (Å²) in [6.07, 6.45) is 2.86. The van der Waals surface area contributed by atoms with Crippen molar-refractivity contribution in [3.8, 4) is 0 Å². The topological polar surface area (TPSA) is 85.5 Å². The minimum absolute atomic E-state index is 0.0158. The predicted molar refractivity (Wildman–Crippen MR) is 75.1 cm³/mol. The third kappa shape index (κ3) is 3.07. The fraction of sp³-hybridized carbons (Fsp3) is 0.545. The zero-order valence-electron chi connectivity index (χ0n) is 10.5. The van der Waals surface area contributed by atoms with Crippen molar-refractivity contribution in [2.45, 2.75) is 23.8 Å². The van der Waals surface area contributed by atoms with E-state index in [1.165, 1.54) is 16.6 Å². The molecule has 1 aliphatic rings. The van der Waals surface area contributed by atoms with Gasteiger partial charge in [-0.25, -0.2) is 13.4 Å². The molecule has 0 bridgehead atoms. The van der Waals surface area contributed by atoms with Crippen molar-refractivity contribution in [2.24, 2.45) is 0 Å². The van der Waals surface area contributed by atoms with Crippen molar-refractivity contribution in [3.05, 3.63) is 16.7 Å². The summed E-state index contributed by atoms with van der Waals surface area (Å²) in [5.74, 6) is 0.0158.